The zero-order valence-electron chi connectivity index (χ0n) is 15.3. The van der Waals surface area contributed by atoms with Crippen LogP contribution in [0.2, 0.25) is 0 Å². The summed E-state index contributed by atoms with van der Waals surface area (Å²) in [7, 11) is -3.83. The van der Waals surface area contributed by atoms with Crippen molar-refractivity contribution in [2.45, 2.75) is 17.7 Å². The maximum Gasteiger partial charge on any atom is 0.340 e. The summed E-state index contributed by atoms with van der Waals surface area (Å²) < 4.78 is 27.5. The molecule has 2 aromatic rings. The van der Waals surface area contributed by atoms with Gasteiger partial charge in [0.1, 0.15) is 0 Å². The van der Waals surface area contributed by atoms with E-state index < -0.39 is 28.5 Å². The van der Waals surface area contributed by atoms with Gasteiger partial charge in [-0.1, -0.05) is 12.1 Å². The van der Waals surface area contributed by atoms with Crippen LogP contribution >= 0.6 is 0 Å². The van der Waals surface area contributed by atoms with Crippen molar-refractivity contribution in [3.05, 3.63) is 54.1 Å². The Morgan fingerprint density at radius 3 is 2.41 bits per heavy atom. The van der Waals surface area contributed by atoms with E-state index in [1.54, 1.807) is 18.2 Å². The van der Waals surface area contributed by atoms with Crippen LogP contribution < -0.4 is 15.4 Å². The Kier molecular flexibility index (Phi) is 5.95. The number of ether oxygens (including phenoxy) is 1. The van der Waals surface area contributed by atoms with Crippen molar-refractivity contribution in [1.82, 2.24) is 0 Å². The number of amides is 2. The van der Waals surface area contributed by atoms with Crippen LogP contribution in [0.3, 0.4) is 0 Å². The van der Waals surface area contributed by atoms with Gasteiger partial charge in [-0.2, -0.15) is 0 Å². The molecular formula is C19H19N3O6S. The molecule has 2 aromatic carbocycles. The normalized spacial score (nSPS) is 14.0. The standard InChI is InChI=1S/C19H19N3O6S/c20-29(26,27)14-9-7-13(8-10-14)21-17(23)12-28-19(25)15-4-1-2-5-16(15)22-11-3-6-18(22)24/h1-2,4-5,7-10H,3,6,11-12H2,(H,21,23)(H2,20,26,27). The van der Waals surface area contributed by atoms with Gasteiger partial charge in [0.25, 0.3) is 5.91 Å². The van der Waals surface area contributed by atoms with Crippen LogP contribution in [0.25, 0.3) is 0 Å². The lowest BCUT2D eigenvalue weighted by atomic mass is 10.1. The van der Waals surface area contributed by atoms with Gasteiger partial charge in [-0.15, -0.1) is 0 Å². The molecule has 152 valence electrons. The molecule has 3 N–H and O–H groups in total. The number of nitrogens with one attached hydrogen (secondary N) is 1. The number of nitrogens with two attached hydrogens (primary N) is 1. The van der Waals surface area contributed by atoms with E-state index in [2.05, 4.69) is 5.32 Å². The van der Waals surface area contributed by atoms with Gasteiger partial charge in [-0.3, -0.25) is 9.59 Å². The highest BCUT2D eigenvalue weighted by Crippen LogP contribution is 2.26. The number of carbonyl (C=O) groups excluding carboxylic acids is 3. The monoisotopic (exact) mass is 417 g/mol. The van der Waals surface area contributed by atoms with Gasteiger partial charge in [0.2, 0.25) is 15.9 Å². The summed E-state index contributed by atoms with van der Waals surface area (Å²) >= 11 is 0. The molecule has 0 spiro atoms. The van der Waals surface area contributed by atoms with Gasteiger partial charge in [-0.25, -0.2) is 18.4 Å². The summed E-state index contributed by atoms with van der Waals surface area (Å²) in [6.07, 6.45) is 1.14. The lowest BCUT2D eigenvalue weighted by Crippen LogP contribution is -2.27. The third-order valence-electron chi connectivity index (χ3n) is 4.29. The molecule has 0 radical (unpaired) electrons. The van der Waals surface area contributed by atoms with Crippen molar-refractivity contribution in [2.24, 2.45) is 5.14 Å². The number of carbonyl (C=O) groups is 3. The molecule has 0 unspecified atom stereocenters. The van der Waals surface area contributed by atoms with Crippen molar-refractivity contribution in [3.8, 4) is 0 Å². The molecule has 0 atom stereocenters. The van der Waals surface area contributed by atoms with Gasteiger partial charge in [0, 0.05) is 18.7 Å². The molecule has 0 saturated carbocycles. The van der Waals surface area contributed by atoms with E-state index in [4.69, 9.17) is 9.88 Å². The van der Waals surface area contributed by atoms with E-state index in [0.29, 0.717) is 24.3 Å². The van der Waals surface area contributed by atoms with Crippen LogP contribution in [0.5, 0.6) is 0 Å². The average molecular weight is 417 g/mol. The first-order valence-electron chi connectivity index (χ1n) is 8.75. The second kappa shape index (κ2) is 8.41. The number of anilines is 2. The highest BCUT2D eigenvalue weighted by Gasteiger charge is 2.26. The Morgan fingerprint density at radius 2 is 1.79 bits per heavy atom. The molecule has 9 nitrogen and oxygen atoms in total. The van der Waals surface area contributed by atoms with Gasteiger partial charge < -0.3 is 15.0 Å². The minimum absolute atomic E-state index is 0.0640. The van der Waals surface area contributed by atoms with Crippen LogP contribution in [-0.4, -0.2) is 39.4 Å². The fraction of sp³-hybridized carbons (Fsp3) is 0.211. The number of esters is 1. The third-order valence-corrected chi connectivity index (χ3v) is 5.22. The van der Waals surface area contributed by atoms with Crippen LogP contribution in [0.15, 0.2) is 53.4 Å². The predicted octanol–water partition coefficient (Wildman–Crippen LogP) is 1.26. The summed E-state index contributed by atoms with van der Waals surface area (Å²) in [6.45, 7) is -0.0177. The molecule has 1 aliphatic rings. The molecular weight excluding hydrogens is 398 g/mol. The summed E-state index contributed by atoms with van der Waals surface area (Å²) in [4.78, 5) is 37.9. The largest absolute Gasteiger partial charge is 0.452 e. The Bertz CT molecular complexity index is 1050. The first kappa shape index (κ1) is 20.5. The van der Waals surface area contributed by atoms with Crippen molar-refractivity contribution >= 4 is 39.2 Å². The van der Waals surface area contributed by atoms with E-state index in [-0.39, 0.29) is 16.4 Å². The number of hydrogen-bond acceptors (Lipinski definition) is 6. The highest BCUT2D eigenvalue weighted by atomic mass is 32.2. The van der Waals surface area contributed by atoms with Gasteiger partial charge in [-0.05, 0) is 42.8 Å². The molecule has 1 fully saturated rings. The molecule has 0 aromatic heterocycles. The quantitative estimate of drug-likeness (QED) is 0.679. The number of sulfonamides is 1. The smallest absolute Gasteiger partial charge is 0.340 e. The van der Waals surface area contributed by atoms with E-state index in [1.807, 2.05) is 0 Å². The van der Waals surface area contributed by atoms with Crippen molar-refractivity contribution < 1.29 is 27.5 Å². The third kappa shape index (κ3) is 4.98. The summed E-state index contributed by atoms with van der Waals surface area (Å²) in [5, 5.41) is 7.50. The van der Waals surface area contributed by atoms with Gasteiger partial charge >= 0.3 is 5.97 Å². The molecule has 1 aliphatic heterocycles. The molecule has 0 aliphatic carbocycles. The van der Waals surface area contributed by atoms with E-state index in [1.165, 1.54) is 35.2 Å². The zero-order valence-corrected chi connectivity index (χ0v) is 16.1. The second-order valence-corrected chi connectivity index (χ2v) is 7.92. The van der Waals surface area contributed by atoms with Crippen LogP contribution in [-0.2, 0) is 24.3 Å². The molecule has 1 saturated heterocycles. The molecule has 29 heavy (non-hydrogen) atoms. The average Bonchev–Trinajstić information content (AvgIpc) is 3.11. The topological polar surface area (TPSA) is 136 Å². The zero-order chi connectivity index (χ0) is 21.0. The number of benzene rings is 2. The number of primary sulfonamides is 1. The Balaban J connectivity index is 1.61. The van der Waals surface area contributed by atoms with E-state index in [0.717, 1.165) is 6.42 Å². The summed E-state index contributed by atoms with van der Waals surface area (Å²) in [5.74, 6) is -1.39. The Hall–Kier alpha value is -3.24. The molecule has 1 heterocycles. The highest BCUT2D eigenvalue weighted by molar-refractivity contribution is 7.89. The van der Waals surface area contributed by atoms with Crippen LogP contribution in [0.4, 0.5) is 11.4 Å². The van der Waals surface area contributed by atoms with Crippen molar-refractivity contribution in [1.29, 1.82) is 0 Å². The number of para-hydroxylation sites is 1. The fourth-order valence-electron chi connectivity index (χ4n) is 2.92. The summed E-state index contributed by atoms with van der Waals surface area (Å²) in [5.41, 5.74) is 0.980. The maximum atomic E-state index is 12.4. The second-order valence-electron chi connectivity index (χ2n) is 6.36. The Labute approximate surface area is 167 Å². The van der Waals surface area contributed by atoms with Gasteiger partial charge in [0.15, 0.2) is 6.61 Å². The van der Waals surface area contributed by atoms with Crippen molar-refractivity contribution in [2.75, 3.05) is 23.4 Å². The Morgan fingerprint density at radius 1 is 1.10 bits per heavy atom. The molecule has 3 rings (SSSR count). The van der Waals surface area contributed by atoms with Crippen LogP contribution in [0, 0.1) is 0 Å². The molecule has 10 heteroatoms. The maximum absolute atomic E-state index is 12.4. The number of rotatable bonds is 6. The van der Waals surface area contributed by atoms with Crippen molar-refractivity contribution in [3.63, 3.8) is 0 Å². The SMILES string of the molecule is NS(=O)(=O)c1ccc(NC(=O)COC(=O)c2ccccc2N2CCCC2=O)cc1. The molecule has 2 amide bonds. The first-order chi connectivity index (χ1) is 13.8. The number of nitrogens with zero attached hydrogens (tertiary/aromatic N) is 1. The lowest BCUT2D eigenvalue weighted by Gasteiger charge is -2.18. The van der Waals surface area contributed by atoms with Gasteiger partial charge in [0.05, 0.1) is 16.1 Å². The first-order valence-corrected chi connectivity index (χ1v) is 10.3. The fourth-order valence-corrected chi connectivity index (χ4v) is 3.43. The van der Waals surface area contributed by atoms with E-state index >= 15 is 0 Å². The predicted molar refractivity (Wildman–Crippen MR) is 105 cm³/mol. The minimum atomic E-state index is -3.83. The van der Waals surface area contributed by atoms with E-state index in [9.17, 15) is 22.8 Å². The van der Waals surface area contributed by atoms with Crippen LogP contribution in [0.1, 0.15) is 23.2 Å². The molecule has 0 bridgehead atoms. The summed E-state index contributed by atoms with van der Waals surface area (Å²) in [6, 6.07) is 11.8. The lowest BCUT2D eigenvalue weighted by molar-refractivity contribution is -0.119. The number of hydrogen-bond donors (Lipinski definition) is 2. The minimum Gasteiger partial charge on any atom is -0.452 e.